The second-order valence-electron chi connectivity index (χ2n) is 7.02. The molecule has 0 radical (unpaired) electrons. The van der Waals surface area contributed by atoms with Crippen molar-refractivity contribution in [1.82, 2.24) is 15.1 Å². The third-order valence-electron chi connectivity index (χ3n) is 5.03. The van der Waals surface area contributed by atoms with E-state index in [0.29, 0.717) is 12.0 Å². The summed E-state index contributed by atoms with van der Waals surface area (Å²) in [5.74, 6) is -0.754. The van der Waals surface area contributed by atoms with Crippen LogP contribution in [0.5, 0.6) is 0 Å². The van der Waals surface area contributed by atoms with Gasteiger partial charge in [0.2, 0.25) is 0 Å². The minimum absolute atomic E-state index is 0.297. The Labute approximate surface area is 129 Å². The van der Waals surface area contributed by atoms with Gasteiger partial charge in [0.15, 0.2) is 0 Å². The fraction of sp³-hybridized carbons (Fsp3) is 0.938. The van der Waals surface area contributed by atoms with E-state index in [1.165, 1.54) is 19.3 Å². The van der Waals surface area contributed by atoms with Crippen LogP contribution in [0.3, 0.4) is 0 Å². The molecule has 1 rings (SSSR count). The maximum atomic E-state index is 11.5. The number of nitrogens with one attached hydrogen (secondary N) is 1. The molecule has 0 aromatic rings. The fourth-order valence-electron chi connectivity index (χ4n) is 3.00. The predicted molar refractivity (Wildman–Crippen MR) is 86.7 cm³/mol. The Morgan fingerprint density at radius 3 is 2.33 bits per heavy atom. The van der Waals surface area contributed by atoms with Gasteiger partial charge in [0.25, 0.3) is 0 Å². The van der Waals surface area contributed by atoms with Crippen LogP contribution in [0.25, 0.3) is 0 Å². The third kappa shape index (κ3) is 4.66. The molecule has 0 heterocycles. The number of carbonyl (C=O) groups is 1. The average Bonchev–Trinajstić information content (AvgIpc) is 2.37. The molecule has 0 aromatic heterocycles. The van der Waals surface area contributed by atoms with Gasteiger partial charge in [-0.1, -0.05) is 6.92 Å². The number of carboxylic acid groups (broad SMARTS) is 1. The molecule has 0 aliphatic heterocycles. The molecule has 1 atom stereocenters. The number of hydrogen-bond donors (Lipinski definition) is 2. The molecular weight excluding hydrogens is 266 g/mol. The lowest BCUT2D eigenvalue weighted by Crippen LogP contribution is -2.57. The molecular formula is C16H33N3O2. The van der Waals surface area contributed by atoms with Crippen LogP contribution in [-0.2, 0) is 4.79 Å². The van der Waals surface area contributed by atoms with Crippen molar-refractivity contribution in [3.05, 3.63) is 0 Å². The number of hydrogen-bond acceptors (Lipinski definition) is 4. The van der Waals surface area contributed by atoms with Crippen molar-refractivity contribution in [3.8, 4) is 0 Å². The Bertz CT molecular complexity index is 342. The molecule has 1 aliphatic carbocycles. The second-order valence-corrected chi connectivity index (χ2v) is 7.02. The first-order valence-electron chi connectivity index (χ1n) is 8.10. The second kappa shape index (κ2) is 7.56. The van der Waals surface area contributed by atoms with Crippen molar-refractivity contribution in [2.75, 3.05) is 40.8 Å². The summed E-state index contributed by atoms with van der Waals surface area (Å²) >= 11 is 0. The Morgan fingerprint density at radius 2 is 1.95 bits per heavy atom. The zero-order chi connectivity index (χ0) is 16.1. The standard InChI is InChI=1S/C16H33N3O2/c1-6-11-17-15(2,14(20)21)10-12-19(5)13-16(18(3)4)8-7-9-16/h17H,6-13H2,1-5H3,(H,20,21). The molecule has 0 amide bonds. The van der Waals surface area contributed by atoms with Crippen LogP contribution in [0.4, 0.5) is 0 Å². The third-order valence-corrected chi connectivity index (χ3v) is 5.03. The van der Waals surface area contributed by atoms with E-state index in [9.17, 15) is 9.90 Å². The summed E-state index contributed by atoms with van der Waals surface area (Å²) in [6, 6.07) is 0. The molecule has 21 heavy (non-hydrogen) atoms. The van der Waals surface area contributed by atoms with E-state index >= 15 is 0 Å². The minimum Gasteiger partial charge on any atom is -0.480 e. The molecule has 1 saturated carbocycles. The maximum absolute atomic E-state index is 11.5. The Kier molecular flexibility index (Phi) is 6.63. The van der Waals surface area contributed by atoms with Gasteiger partial charge < -0.3 is 20.2 Å². The van der Waals surface area contributed by atoms with E-state index in [0.717, 1.165) is 26.1 Å². The van der Waals surface area contributed by atoms with Crippen molar-refractivity contribution >= 4 is 5.97 Å². The lowest BCUT2D eigenvalue weighted by atomic mass is 9.75. The van der Waals surface area contributed by atoms with Crippen LogP contribution in [0.2, 0.25) is 0 Å². The SMILES string of the molecule is CCCNC(C)(CCN(C)CC1(N(C)C)CCC1)C(=O)O. The summed E-state index contributed by atoms with van der Waals surface area (Å²) in [6.07, 6.45) is 5.37. The van der Waals surface area contributed by atoms with Gasteiger partial charge in [0, 0.05) is 18.6 Å². The highest BCUT2D eigenvalue weighted by molar-refractivity contribution is 5.78. The van der Waals surface area contributed by atoms with E-state index in [1.807, 2.05) is 0 Å². The molecule has 0 aromatic carbocycles. The smallest absolute Gasteiger partial charge is 0.323 e. The number of carboxylic acids is 1. The number of rotatable bonds is 10. The van der Waals surface area contributed by atoms with Crippen LogP contribution < -0.4 is 5.32 Å². The van der Waals surface area contributed by atoms with Crippen LogP contribution in [0.15, 0.2) is 0 Å². The van der Waals surface area contributed by atoms with Crippen molar-refractivity contribution < 1.29 is 9.90 Å². The Morgan fingerprint density at radius 1 is 1.33 bits per heavy atom. The molecule has 1 unspecified atom stereocenters. The van der Waals surface area contributed by atoms with E-state index in [4.69, 9.17) is 0 Å². The highest BCUT2D eigenvalue weighted by Crippen LogP contribution is 2.36. The molecule has 1 fully saturated rings. The van der Waals surface area contributed by atoms with Gasteiger partial charge in [-0.2, -0.15) is 0 Å². The molecule has 5 nitrogen and oxygen atoms in total. The molecule has 124 valence electrons. The summed E-state index contributed by atoms with van der Waals surface area (Å²) in [5.41, 5.74) is -0.527. The monoisotopic (exact) mass is 299 g/mol. The number of aliphatic carboxylic acids is 1. The normalized spacial score (nSPS) is 20.3. The van der Waals surface area contributed by atoms with Gasteiger partial charge >= 0.3 is 5.97 Å². The predicted octanol–water partition coefficient (Wildman–Crippen LogP) is 1.64. The number of nitrogens with zero attached hydrogens (tertiary/aromatic N) is 2. The Hall–Kier alpha value is -0.650. The summed E-state index contributed by atoms with van der Waals surface area (Å²) in [6.45, 7) is 6.41. The van der Waals surface area contributed by atoms with Crippen molar-refractivity contribution in [3.63, 3.8) is 0 Å². The van der Waals surface area contributed by atoms with Crippen LogP contribution in [0.1, 0.15) is 46.0 Å². The van der Waals surface area contributed by atoms with E-state index in [-0.39, 0.29) is 0 Å². The first kappa shape index (κ1) is 18.4. The van der Waals surface area contributed by atoms with Gasteiger partial charge in [-0.3, -0.25) is 4.79 Å². The maximum Gasteiger partial charge on any atom is 0.323 e. The average molecular weight is 299 g/mol. The largest absolute Gasteiger partial charge is 0.480 e. The first-order valence-corrected chi connectivity index (χ1v) is 8.10. The van der Waals surface area contributed by atoms with Crippen molar-refractivity contribution in [2.24, 2.45) is 0 Å². The van der Waals surface area contributed by atoms with Crippen molar-refractivity contribution in [1.29, 1.82) is 0 Å². The van der Waals surface area contributed by atoms with Gasteiger partial charge in [0.05, 0.1) is 0 Å². The molecule has 5 heteroatoms. The number of likely N-dealkylation sites (N-methyl/N-ethyl adjacent to an activating group) is 2. The zero-order valence-corrected chi connectivity index (χ0v) is 14.4. The quantitative estimate of drug-likeness (QED) is 0.642. The van der Waals surface area contributed by atoms with E-state index < -0.39 is 11.5 Å². The lowest BCUT2D eigenvalue weighted by Gasteiger charge is -2.49. The summed E-state index contributed by atoms with van der Waals surface area (Å²) in [4.78, 5) is 16.1. The summed E-state index contributed by atoms with van der Waals surface area (Å²) < 4.78 is 0. The zero-order valence-electron chi connectivity index (χ0n) is 14.4. The van der Waals surface area contributed by atoms with E-state index in [1.54, 1.807) is 6.92 Å². The van der Waals surface area contributed by atoms with E-state index in [2.05, 4.69) is 43.2 Å². The highest BCUT2D eigenvalue weighted by Gasteiger charge is 2.40. The highest BCUT2D eigenvalue weighted by atomic mass is 16.4. The topological polar surface area (TPSA) is 55.8 Å². The Balaban J connectivity index is 2.50. The fourth-order valence-corrected chi connectivity index (χ4v) is 3.00. The van der Waals surface area contributed by atoms with Crippen LogP contribution in [0, 0.1) is 0 Å². The first-order chi connectivity index (χ1) is 9.76. The molecule has 0 bridgehead atoms. The van der Waals surface area contributed by atoms with Crippen LogP contribution >= 0.6 is 0 Å². The summed E-state index contributed by atoms with van der Waals surface area (Å²) in [5, 5.41) is 12.6. The van der Waals surface area contributed by atoms with Gasteiger partial charge in [-0.05, 0) is 66.7 Å². The molecule has 2 N–H and O–H groups in total. The van der Waals surface area contributed by atoms with Gasteiger partial charge in [-0.25, -0.2) is 0 Å². The molecule has 1 aliphatic rings. The van der Waals surface area contributed by atoms with Gasteiger partial charge in [0.1, 0.15) is 5.54 Å². The van der Waals surface area contributed by atoms with Crippen molar-refractivity contribution in [2.45, 2.75) is 57.0 Å². The van der Waals surface area contributed by atoms with Crippen LogP contribution in [-0.4, -0.2) is 72.7 Å². The minimum atomic E-state index is -0.824. The lowest BCUT2D eigenvalue weighted by molar-refractivity contribution is -0.144. The molecule has 0 spiro atoms. The molecule has 0 saturated heterocycles. The summed E-state index contributed by atoms with van der Waals surface area (Å²) in [7, 11) is 6.40. The van der Waals surface area contributed by atoms with Gasteiger partial charge in [-0.15, -0.1) is 0 Å².